The van der Waals surface area contributed by atoms with Crippen molar-refractivity contribution >= 4 is 39.3 Å². The van der Waals surface area contributed by atoms with Crippen LogP contribution in [0.15, 0.2) is 85.1 Å². The van der Waals surface area contributed by atoms with Gasteiger partial charge in [-0.3, -0.25) is 9.59 Å². The summed E-state index contributed by atoms with van der Waals surface area (Å²) in [6, 6.07) is 23.7. The summed E-state index contributed by atoms with van der Waals surface area (Å²) in [5.41, 5.74) is 5.11. The molecule has 38 heavy (non-hydrogen) atoms. The topological polar surface area (TPSA) is 133 Å². The molecule has 192 valence electrons. The van der Waals surface area contributed by atoms with Gasteiger partial charge in [-0.15, -0.1) is 0 Å². The second kappa shape index (κ2) is 10.4. The number of aromatic nitrogens is 2. The van der Waals surface area contributed by atoms with Crippen molar-refractivity contribution < 1.29 is 18.0 Å². The second-order valence-corrected chi connectivity index (χ2v) is 10.4. The van der Waals surface area contributed by atoms with E-state index >= 15 is 0 Å². The number of nitrogens with one attached hydrogen (secondary N) is 3. The monoisotopic (exact) mass is 528 g/mol. The average molecular weight is 529 g/mol. The molecule has 1 saturated heterocycles. The highest BCUT2D eigenvalue weighted by molar-refractivity contribution is 7.88. The summed E-state index contributed by atoms with van der Waals surface area (Å²) in [6.45, 7) is 1.75. The first-order chi connectivity index (χ1) is 18.3. The quantitative estimate of drug-likeness (QED) is 0.334. The van der Waals surface area contributed by atoms with Gasteiger partial charge in [-0.2, -0.15) is 12.7 Å². The van der Waals surface area contributed by atoms with Crippen LogP contribution in [-0.2, 0) is 21.5 Å². The van der Waals surface area contributed by atoms with E-state index in [4.69, 9.17) is 0 Å². The molecule has 10 nitrogen and oxygen atoms in total. The average Bonchev–Trinajstić information content (AvgIpc) is 3.17. The third-order valence-electron chi connectivity index (χ3n) is 5.94. The molecule has 0 spiro atoms. The first-order valence-corrected chi connectivity index (χ1v) is 13.2. The second-order valence-electron chi connectivity index (χ2n) is 8.74. The summed E-state index contributed by atoms with van der Waals surface area (Å²) in [5, 5.41) is 6.11. The molecule has 2 heterocycles. The van der Waals surface area contributed by atoms with E-state index in [1.165, 1.54) is 0 Å². The molecule has 2 amide bonds. The van der Waals surface area contributed by atoms with Gasteiger partial charge in [0.15, 0.2) is 0 Å². The van der Waals surface area contributed by atoms with E-state index in [0.717, 1.165) is 26.8 Å². The highest BCUT2D eigenvalue weighted by Gasteiger charge is 2.33. The number of carbonyl (C=O) groups is 2. The Balaban J connectivity index is 1.26. The first kappa shape index (κ1) is 25.1. The van der Waals surface area contributed by atoms with Crippen LogP contribution >= 0.6 is 0 Å². The number of amides is 2. The summed E-state index contributed by atoms with van der Waals surface area (Å²) in [4.78, 5) is 33.2. The Bertz CT molecular complexity index is 1610. The zero-order valence-electron chi connectivity index (χ0n) is 20.4. The molecule has 0 saturated carbocycles. The maximum absolute atomic E-state index is 12.9. The maximum Gasteiger partial charge on any atom is 0.304 e. The molecule has 11 heteroatoms. The highest BCUT2D eigenvalue weighted by Crippen LogP contribution is 2.25. The van der Waals surface area contributed by atoms with Crippen LogP contribution in [0.2, 0.25) is 0 Å². The van der Waals surface area contributed by atoms with E-state index in [9.17, 15) is 18.0 Å². The van der Waals surface area contributed by atoms with Crippen molar-refractivity contribution in [3.63, 3.8) is 0 Å². The Morgan fingerprint density at radius 1 is 1.03 bits per heavy atom. The molecule has 0 aliphatic carbocycles. The van der Waals surface area contributed by atoms with Crippen molar-refractivity contribution in [3.05, 3.63) is 102 Å². The van der Waals surface area contributed by atoms with Crippen molar-refractivity contribution in [2.45, 2.75) is 13.5 Å². The molecule has 1 fully saturated rings. The van der Waals surface area contributed by atoms with Gasteiger partial charge in [0.25, 0.3) is 5.91 Å². The third-order valence-corrected chi connectivity index (χ3v) is 7.37. The van der Waals surface area contributed by atoms with E-state index in [0.29, 0.717) is 22.8 Å². The Morgan fingerprint density at radius 2 is 1.79 bits per heavy atom. The van der Waals surface area contributed by atoms with Crippen LogP contribution in [0.4, 0.5) is 17.3 Å². The van der Waals surface area contributed by atoms with Crippen molar-refractivity contribution in [3.8, 4) is 11.3 Å². The van der Waals surface area contributed by atoms with Crippen LogP contribution in [0.1, 0.15) is 21.5 Å². The van der Waals surface area contributed by atoms with Crippen molar-refractivity contribution in [1.29, 1.82) is 0 Å². The zero-order chi connectivity index (χ0) is 26.7. The lowest BCUT2D eigenvalue weighted by atomic mass is 10.1. The number of aryl methyl sites for hydroxylation is 1. The molecule has 0 atom stereocenters. The number of anilines is 3. The number of rotatable bonds is 7. The highest BCUT2D eigenvalue weighted by atomic mass is 32.2. The van der Waals surface area contributed by atoms with Gasteiger partial charge in [0, 0.05) is 35.2 Å². The molecular weight excluding hydrogens is 504 g/mol. The van der Waals surface area contributed by atoms with E-state index in [1.807, 2.05) is 60.2 Å². The SMILES string of the molecule is Cc1ccc(NC(=O)c2ccc(CN3CC(=O)NS3(=O)=O)cc2)cc1Nc1nccc(-c2ccccc2)n1. The van der Waals surface area contributed by atoms with E-state index in [1.54, 1.807) is 36.5 Å². The van der Waals surface area contributed by atoms with Crippen LogP contribution in [-0.4, -0.2) is 41.1 Å². The van der Waals surface area contributed by atoms with Gasteiger partial charge in [-0.1, -0.05) is 48.5 Å². The fourth-order valence-corrected chi connectivity index (χ4v) is 5.03. The summed E-state index contributed by atoms with van der Waals surface area (Å²) >= 11 is 0. The molecule has 5 rings (SSSR count). The lowest BCUT2D eigenvalue weighted by Crippen LogP contribution is -2.29. The number of nitrogens with zero attached hydrogens (tertiary/aromatic N) is 3. The molecule has 3 aromatic carbocycles. The Morgan fingerprint density at radius 3 is 2.50 bits per heavy atom. The van der Waals surface area contributed by atoms with Crippen LogP contribution in [0.25, 0.3) is 11.3 Å². The van der Waals surface area contributed by atoms with Gasteiger partial charge in [-0.05, 0) is 48.4 Å². The Labute approximate surface area is 219 Å². The van der Waals surface area contributed by atoms with E-state index < -0.39 is 16.1 Å². The molecule has 1 aliphatic heterocycles. The van der Waals surface area contributed by atoms with Crippen LogP contribution in [0.3, 0.4) is 0 Å². The molecule has 4 aromatic rings. The molecule has 0 radical (unpaired) electrons. The van der Waals surface area contributed by atoms with Gasteiger partial charge in [-0.25, -0.2) is 14.7 Å². The largest absolute Gasteiger partial charge is 0.324 e. The van der Waals surface area contributed by atoms with Crippen LogP contribution in [0, 0.1) is 6.92 Å². The molecule has 1 aliphatic rings. The zero-order valence-corrected chi connectivity index (χ0v) is 21.2. The fourth-order valence-electron chi connectivity index (χ4n) is 3.94. The molecule has 1 aromatic heterocycles. The van der Waals surface area contributed by atoms with Crippen LogP contribution < -0.4 is 15.4 Å². The lowest BCUT2D eigenvalue weighted by molar-refractivity contribution is -0.118. The summed E-state index contributed by atoms with van der Waals surface area (Å²) in [6.07, 6.45) is 1.69. The number of benzene rings is 3. The van der Waals surface area contributed by atoms with Crippen molar-refractivity contribution in [1.82, 2.24) is 19.0 Å². The smallest absolute Gasteiger partial charge is 0.304 e. The van der Waals surface area contributed by atoms with Crippen molar-refractivity contribution in [2.75, 3.05) is 17.2 Å². The summed E-state index contributed by atoms with van der Waals surface area (Å²) in [7, 11) is -3.81. The number of hydrogen-bond acceptors (Lipinski definition) is 7. The van der Waals surface area contributed by atoms with Crippen LogP contribution in [0.5, 0.6) is 0 Å². The van der Waals surface area contributed by atoms with Gasteiger partial charge in [0.1, 0.15) is 0 Å². The normalized spacial score (nSPS) is 14.6. The number of hydrogen-bond donors (Lipinski definition) is 3. The molecule has 3 N–H and O–H groups in total. The minimum Gasteiger partial charge on any atom is -0.324 e. The standard InChI is InChI=1S/C27H24N6O4S/c1-18-7-12-22(15-24(18)31-27-28-14-13-23(30-27)20-5-3-2-4-6-20)29-26(35)21-10-8-19(9-11-21)16-33-17-25(34)32-38(33,36)37/h2-15H,16-17H2,1H3,(H,29,35)(H,32,34)(H,28,30,31). The van der Waals surface area contributed by atoms with Gasteiger partial charge in [0.05, 0.1) is 12.2 Å². The molecular formula is C27H24N6O4S. The van der Waals surface area contributed by atoms with Gasteiger partial charge < -0.3 is 10.6 Å². The predicted molar refractivity (Wildman–Crippen MR) is 144 cm³/mol. The third kappa shape index (κ3) is 5.69. The Hall–Kier alpha value is -4.61. The minimum absolute atomic E-state index is 0.0313. The molecule has 0 bridgehead atoms. The first-order valence-electron chi connectivity index (χ1n) is 11.7. The van der Waals surface area contributed by atoms with Gasteiger partial charge >= 0.3 is 10.2 Å². The number of carbonyl (C=O) groups excluding carboxylic acids is 2. The Kier molecular flexibility index (Phi) is 6.86. The van der Waals surface area contributed by atoms with E-state index in [2.05, 4.69) is 20.6 Å². The van der Waals surface area contributed by atoms with Crippen molar-refractivity contribution in [2.24, 2.45) is 0 Å². The molecule has 0 unspecified atom stereocenters. The lowest BCUT2D eigenvalue weighted by Gasteiger charge is -2.13. The maximum atomic E-state index is 12.9. The predicted octanol–water partition coefficient (Wildman–Crippen LogP) is 3.62. The van der Waals surface area contributed by atoms with Gasteiger partial charge in [0.2, 0.25) is 11.9 Å². The summed E-state index contributed by atoms with van der Waals surface area (Å²) < 4.78 is 26.8. The fraction of sp³-hybridized carbons (Fsp3) is 0.111. The minimum atomic E-state index is -3.81. The van der Waals surface area contributed by atoms with E-state index in [-0.39, 0.29) is 19.0 Å². The summed E-state index contributed by atoms with van der Waals surface area (Å²) in [5.74, 6) is -0.451.